The highest BCUT2D eigenvalue weighted by atomic mass is 35.5. The van der Waals surface area contributed by atoms with Crippen LogP contribution < -0.4 is 10.5 Å². The van der Waals surface area contributed by atoms with Crippen LogP contribution in [0.5, 0.6) is 5.75 Å². The number of hydrogen-bond donors (Lipinski definition) is 2. The molecule has 3 aromatic carbocycles. The molecule has 1 unspecified atom stereocenters. The van der Waals surface area contributed by atoms with E-state index >= 15 is 0 Å². The Hall–Kier alpha value is -2.47. The predicted molar refractivity (Wildman–Crippen MR) is 135 cm³/mol. The number of rotatable bonds is 12. The molecule has 0 bridgehead atoms. The number of benzene rings is 3. The molecule has 0 radical (unpaired) electrons. The number of ether oxygens (including phenoxy) is 1. The van der Waals surface area contributed by atoms with E-state index in [2.05, 4.69) is 0 Å². The number of hydrogen-bond acceptors (Lipinski definition) is 4. The Morgan fingerprint density at radius 1 is 1.03 bits per heavy atom. The van der Waals surface area contributed by atoms with Crippen LogP contribution in [0.2, 0.25) is 5.02 Å². The summed E-state index contributed by atoms with van der Waals surface area (Å²) < 4.78 is 5.93. The van der Waals surface area contributed by atoms with Crippen LogP contribution in [0.15, 0.2) is 82.6 Å². The first kappa shape index (κ1) is 25.2. The van der Waals surface area contributed by atoms with E-state index in [1.165, 1.54) is 0 Å². The average molecular weight is 484 g/mol. The van der Waals surface area contributed by atoms with Crippen LogP contribution in [0.4, 0.5) is 0 Å². The molecule has 0 amide bonds. The molecule has 0 heterocycles. The molecule has 3 aromatic rings. The van der Waals surface area contributed by atoms with Crippen LogP contribution in [0.25, 0.3) is 0 Å². The van der Waals surface area contributed by atoms with Gasteiger partial charge in [-0.1, -0.05) is 79.2 Å². The van der Waals surface area contributed by atoms with Gasteiger partial charge in [-0.15, -0.1) is 0 Å². The van der Waals surface area contributed by atoms with E-state index in [1.807, 2.05) is 79.7 Å². The average Bonchev–Trinajstić information content (AvgIpc) is 2.78. The number of carboxylic acid groups (broad SMARTS) is 1. The number of nitrogens with two attached hydrogens (primary N) is 1. The van der Waals surface area contributed by atoms with Gasteiger partial charge in [-0.05, 0) is 60.7 Å². The molecule has 1 atom stereocenters. The van der Waals surface area contributed by atoms with Crippen LogP contribution in [0, 0.1) is 0 Å². The Kier molecular flexibility index (Phi) is 9.24. The Balaban J connectivity index is 1.61. The topological polar surface area (TPSA) is 72.5 Å². The molecule has 0 aliphatic carbocycles. The molecule has 174 valence electrons. The van der Waals surface area contributed by atoms with Gasteiger partial charge in [-0.25, -0.2) is 0 Å². The summed E-state index contributed by atoms with van der Waals surface area (Å²) in [5.41, 5.74) is 7.77. The monoisotopic (exact) mass is 483 g/mol. The van der Waals surface area contributed by atoms with E-state index in [-0.39, 0.29) is 6.42 Å². The van der Waals surface area contributed by atoms with Crippen LogP contribution in [0.1, 0.15) is 43.7 Å². The molecule has 3 rings (SSSR count). The minimum atomic E-state index is -0.862. The zero-order chi connectivity index (χ0) is 23.7. The number of carbonyl (C=O) groups is 1. The molecule has 0 aromatic heterocycles. The summed E-state index contributed by atoms with van der Waals surface area (Å²) in [7, 11) is 0. The third-order valence-electron chi connectivity index (χ3n) is 5.46. The molecule has 0 saturated carbocycles. The van der Waals surface area contributed by atoms with Crippen molar-refractivity contribution in [2.24, 2.45) is 5.73 Å². The zero-order valence-corrected chi connectivity index (χ0v) is 20.4. The van der Waals surface area contributed by atoms with E-state index in [0.29, 0.717) is 30.9 Å². The Bertz CT molecular complexity index is 1060. The summed E-state index contributed by atoms with van der Waals surface area (Å²) in [6.07, 6.45) is 2.72. The van der Waals surface area contributed by atoms with Crippen LogP contribution >= 0.6 is 23.4 Å². The van der Waals surface area contributed by atoms with Gasteiger partial charge in [-0.2, -0.15) is 0 Å². The van der Waals surface area contributed by atoms with Crippen molar-refractivity contribution >= 4 is 29.3 Å². The van der Waals surface area contributed by atoms with Crippen molar-refractivity contribution < 1.29 is 14.6 Å². The second-order valence-electron chi connectivity index (χ2n) is 8.29. The highest BCUT2D eigenvalue weighted by molar-refractivity contribution is 7.99. The largest absolute Gasteiger partial charge is 0.489 e. The van der Waals surface area contributed by atoms with E-state index in [0.717, 1.165) is 33.1 Å². The van der Waals surface area contributed by atoms with Gasteiger partial charge in [0.25, 0.3) is 0 Å². The first-order valence-corrected chi connectivity index (χ1v) is 12.3. The smallest absolute Gasteiger partial charge is 0.305 e. The lowest BCUT2D eigenvalue weighted by molar-refractivity contribution is -0.138. The second kappa shape index (κ2) is 12.1. The zero-order valence-electron chi connectivity index (χ0n) is 18.8. The summed E-state index contributed by atoms with van der Waals surface area (Å²) in [6, 6.07) is 24.1. The number of carboxylic acids is 1. The highest BCUT2D eigenvalue weighted by Gasteiger charge is 2.27. The number of aliphatic carboxylic acids is 1. The van der Waals surface area contributed by atoms with Gasteiger partial charge >= 0.3 is 5.97 Å². The number of halogens is 1. The molecule has 6 heteroatoms. The van der Waals surface area contributed by atoms with E-state index in [4.69, 9.17) is 22.1 Å². The quantitative estimate of drug-likeness (QED) is 0.291. The molecule has 0 aliphatic rings. The van der Waals surface area contributed by atoms with Crippen molar-refractivity contribution in [2.75, 3.05) is 0 Å². The molecule has 0 aliphatic heterocycles. The molecular weight excluding hydrogens is 454 g/mol. The third-order valence-corrected chi connectivity index (χ3v) is 6.79. The van der Waals surface area contributed by atoms with Gasteiger partial charge in [0.1, 0.15) is 12.4 Å². The van der Waals surface area contributed by atoms with Crippen LogP contribution in [-0.4, -0.2) is 16.6 Å². The van der Waals surface area contributed by atoms with Crippen molar-refractivity contribution in [3.05, 3.63) is 88.9 Å². The fourth-order valence-corrected chi connectivity index (χ4v) is 5.03. The molecule has 3 N–H and O–H groups in total. The summed E-state index contributed by atoms with van der Waals surface area (Å²) in [5.74, 6) is -0.0426. The summed E-state index contributed by atoms with van der Waals surface area (Å²) in [4.78, 5) is 13.3. The molecule has 33 heavy (non-hydrogen) atoms. The van der Waals surface area contributed by atoms with Gasteiger partial charge in [0.15, 0.2) is 0 Å². The normalized spacial score (nSPS) is 12.8. The lowest BCUT2D eigenvalue weighted by atomic mass is 9.85. The Morgan fingerprint density at radius 3 is 2.48 bits per heavy atom. The Morgan fingerprint density at radius 2 is 1.79 bits per heavy atom. The van der Waals surface area contributed by atoms with Gasteiger partial charge in [0.05, 0.1) is 6.42 Å². The fraction of sp³-hybridized carbons (Fsp3) is 0.296. The maximum Gasteiger partial charge on any atom is 0.305 e. The van der Waals surface area contributed by atoms with E-state index < -0.39 is 11.5 Å². The van der Waals surface area contributed by atoms with Crippen molar-refractivity contribution in [3.8, 4) is 5.75 Å². The lowest BCUT2D eigenvalue weighted by Gasteiger charge is -2.27. The van der Waals surface area contributed by atoms with Gasteiger partial charge in [-0.3, -0.25) is 4.79 Å². The van der Waals surface area contributed by atoms with E-state index in [1.54, 1.807) is 11.8 Å². The van der Waals surface area contributed by atoms with Crippen molar-refractivity contribution in [2.45, 2.75) is 61.0 Å². The minimum Gasteiger partial charge on any atom is -0.489 e. The van der Waals surface area contributed by atoms with Crippen molar-refractivity contribution in [3.63, 3.8) is 0 Å². The van der Waals surface area contributed by atoms with Gasteiger partial charge in [0, 0.05) is 20.4 Å². The van der Waals surface area contributed by atoms with Crippen molar-refractivity contribution in [1.82, 2.24) is 0 Å². The first-order chi connectivity index (χ1) is 15.9. The first-order valence-electron chi connectivity index (χ1n) is 11.1. The van der Waals surface area contributed by atoms with Crippen LogP contribution in [0.3, 0.4) is 0 Å². The highest BCUT2D eigenvalue weighted by Crippen LogP contribution is 2.34. The van der Waals surface area contributed by atoms with Gasteiger partial charge < -0.3 is 15.6 Å². The SMILES string of the molecule is CCCC(N)(CCc1ccc(Sc2cccc(OCc3ccccc3)c2)cc1Cl)CC(=O)O. The fourth-order valence-electron chi connectivity index (χ4n) is 3.78. The lowest BCUT2D eigenvalue weighted by Crippen LogP contribution is -2.42. The number of aryl methyl sites for hydroxylation is 1. The molecule has 4 nitrogen and oxygen atoms in total. The van der Waals surface area contributed by atoms with E-state index in [9.17, 15) is 9.90 Å². The molecule has 0 spiro atoms. The summed E-state index contributed by atoms with van der Waals surface area (Å²) in [6.45, 7) is 2.54. The predicted octanol–water partition coefficient (Wildman–Crippen LogP) is 6.98. The molecule has 0 fully saturated rings. The maximum absolute atomic E-state index is 11.2. The molecule has 0 saturated heterocycles. The van der Waals surface area contributed by atoms with Crippen molar-refractivity contribution in [1.29, 1.82) is 0 Å². The second-order valence-corrected chi connectivity index (χ2v) is 9.84. The maximum atomic E-state index is 11.2. The standard InChI is InChI=1S/C27H30ClNO3S/c1-2-14-27(29,18-26(30)31)15-13-21-11-12-24(17-25(21)28)33-23-10-6-9-22(16-23)32-19-20-7-4-3-5-8-20/h3-12,16-17H,2,13-15,18-19,29H2,1H3,(H,30,31). The summed E-state index contributed by atoms with van der Waals surface area (Å²) in [5, 5.41) is 9.87. The Labute approximate surface area is 205 Å². The van der Waals surface area contributed by atoms with Crippen LogP contribution in [-0.2, 0) is 17.8 Å². The van der Waals surface area contributed by atoms with Gasteiger partial charge in [0.2, 0.25) is 0 Å². The summed E-state index contributed by atoms with van der Waals surface area (Å²) >= 11 is 8.18. The minimum absolute atomic E-state index is 0.0327. The third kappa shape index (κ3) is 8.11. The molecular formula is C27H30ClNO3S.